The van der Waals surface area contributed by atoms with Crippen molar-refractivity contribution in [1.82, 2.24) is 4.90 Å². The van der Waals surface area contributed by atoms with Crippen molar-refractivity contribution in [2.45, 2.75) is 38.3 Å². The molecule has 0 bridgehead atoms. The zero-order chi connectivity index (χ0) is 12.8. The number of nitrogens with zero attached hydrogens (tertiary/aromatic N) is 1. The third-order valence-electron chi connectivity index (χ3n) is 3.35. The number of hydrogen-bond donors (Lipinski definition) is 2. The molecule has 0 aromatic carbocycles. The average Bonchev–Trinajstić information content (AvgIpc) is 2.32. The minimum Gasteiger partial charge on any atom is -0.393 e. The van der Waals surface area contributed by atoms with Gasteiger partial charge < -0.3 is 20.5 Å². The van der Waals surface area contributed by atoms with Crippen LogP contribution in [-0.4, -0.2) is 54.9 Å². The zero-order valence-corrected chi connectivity index (χ0v) is 10.8. The van der Waals surface area contributed by atoms with Crippen LogP contribution in [0.3, 0.4) is 0 Å². The van der Waals surface area contributed by atoms with Crippen molar-refractivity contribution in [1.29, 1.82) is 0 Å². The number of rotatable bonds is 5. The van der Waals surface area contributed by atoms with Crippen LogP contribution in [0.5, 0.6) is 0 Å². The molecular weight excluding hydrogens is 220 g/mol. The van der Waals surface area contributed by atoms with Gasteiger partial charge in [-0.1, -0.05) is 6.92 Å². The van der Waals surface area contributed by atoms with E-state index in [0.717, 1.165) is 6.42 Å². The van der Waals surface area contributed by atoms with Gasteiger partial charge in [-0.2, -0.15) is 0 Å². The molecule has 100 valence electrons. The Balaban J connectivity index is 2.36. The van der Waals surface area contributed by atoms with E-state index in [1.807, 2.05) is 6.92 Å². The highest BCUT2D eigenvalue weighted by Gasteiger charge is 2.29. The monoisotopic (exact) mass is 244 g/mol. The molecule has 17 heavy (non-hydrogen) atoms. The highest BCUT2D eigenvalue weighted by molar-refractivity contribution is 5.81. The molecule has 5 nitrogen and oxygen atoms in total. The van der Waals surface area contributed by atoms with Gasteiger partial charge in [0.2, 0.25) is 5.91 Å². The van der Waals surface area contributed by atoms with Crippen LogP contribution in [-0.2, 0) is 9.53 Å². The summed E-state index contributed by atoms with van der Waals surface area (Å²) in [5.74, 6) is 0.138. The van der Waals surface area contributed by atoms with Crippen molar-refractivity contribution < 1.29 is 14.6 Å². The van der Waals surface area contributed by atoms with Crippen LogP contribution in [0.25, 0.3) is 0 Å². The molecule has 0 saturated carbocycles. The summed E-state index contributed by atoms with van der Waals surface area (Å²) in [5, 5.41) is 9.60. The number of nitrogens with two attached hydrogens (primary N) is 1. The molecule has 1 rings (SSSR count). The molecule has 0 aliphatic carbocycles. The number of carbonyl (C=O) groups excluding carboxylic acids is 1. The molecule has 3 atom stereocenters. The molecule has 0 radical (unpaired) electrons. The van der Waals surface area contributed by atoms with Gasteiger partial charge in [0.15, 0.2) is 0 Å². The van der Waals surface area contributed by atoms with Crippen LogP contribution < -0.4 is 5.73 Å². The maximum atomic E-state index is 12.0. The number of ether oxygens (including phenoxy) is 1. The van der Waals surface area contributed by atoms with E-state index >= 15 is 0 Å². The van der Waals surface area contributed by atoms with Crippen LogP contribution in [0.1, 0.15) is 26.2 Å². The van der Waals surface area contributed by atoms with E-state index in [1.165, 1.54) is 0 Å². The zero-order valence-electron chi connectivity index (χ0n) is 10.8. The SMILES string of the molecule is COCCCC(N)C(=O)N1CCC(O)C(C)C1. The molecule has 1 fully saturated rings. The van der Waals surface area contributed by atoms with Crippen LogP contribution in [0.4, 0.5) is 0 Å². The van der Waals surface area contributed by atoms with Gasteiger partial charge in [0.25, 0.3) is 0 Å². The van der Waals surface area contributed by atoms with Crippen molar-refractivity contribution >= 4 is 5.91 Å². The Hall–Kier alpha value is -0.650. The van der Waals surface area contributed by atoms with Gasteiger partial charge in [-0.05, 0) is 25.2 Å². The molecule has 0 aromatic heterocycles. The van der Waals surface area contributed by atoms with Crippen LogP contribution in [0.15, 0.2) is 0 Å². The van der Waals surface area contributed by atoms with Gasteiger partial charge >= 0.3 is 0 Å². The molecule has 1 aliphatic heterocycles. The van der Waals surface area contributed by atoms with Crippen molar-refractivity contribution in [3.8, 4) is 0 Å². The lowest BCUT2D eigenvalue weighted by Crippen LogP contribution is -2.50. The van der Waals surface area contributed by atoms with Crippen LogP contribution in [0, 0.1) is 5.92 Å². The molecule has 3 N–H and O–H groups in total. The standard InChI is InChI=1S/C12H24N2O3/c1-9-8-14(6-5-11(9)15)12(16)10(13)4-3-7-17-2/h9-11,15H,3-8,13H2,1-2H3. The van der Waals surface area contributed by atoms with E-state index in [4.69, 9.17) is 10.5 Å². The molecule has 0 spiro atoms. The van der Waals surface area contributed by atoms with E-state index < -0.39 is 6.04 Å². The third-order valence-corrected chi connectivity index (χ3v) is 3.35. The molecular formula is C12H24N2O3. The van der Waals surface area contributed by atoms with E-state index in [2.05, 4.69) is 0 Å². The quantitative estimate of drug-likeness (QED) is 0.666. The number of amides is 1. The normalized spacial score (nSPS) is 26.9. The second kappa shape index (κ2) is 6.93. The highest BCUT2D eigenvalue weighted by Crippen LogP contribution is 2.17. The maximum Gasteiger partial charge on any atom is 0.239 e. The van der Waals surface area contributed by atoms with Crippen molar-refractivity contribution in [3.63, 3.8) is 0 Å². The summed E-state index contributed by atoms with van der Waals surface area (Å²) < 4.78 is 4.94. The number of methoxy groups -OCH3 is 1. The second-order valence-corrected chi connectivity index (χ2v) is 4.86. The number of hydrogen-bond acceptors (Lipinski definition) is 4. The van der Waals surface area contributed by atoms with Crippen molar-refractivity contribution in [3.05, 3.63) is 0 Å². The molecule has 1 aliphatic rings. The lowest BCUT2D eigenvalue weighted by molar-refractivity contribution is -0.136. The number of aliphatic hydroxyl groups is 1. The van der Waals surface area contributed by atoms with Crippen molar-refractivity contribution in [2.24, 2.45) is 11.7 Å². The van der Waals surface area contributed by atoms with Gasteiger partial charge in [-0.3, -0.25) is 4.79 Å². The summed E-state index contributed by atoms with van der Waals surface area (Å²) in [6, 6.07) is -0.437. The first-order valence-corrected chi connectivity index (χ1v) is 6.27. The lowest BCUT2D eigenvalue weighted by Gasteiger charge is -2.35. The Bertz CT molecular complexity index is 248. The van der Waals surface area contributed by atoms with Gasteiger partial charge in [0, 0.05) is 26.8 Å². The summed E-state index contributed by atoms with van der Waals surface area (Å²) in [7, 11) is 1.64. The minimum absolute atomic E-state index is 0.000136. The average molecular weight is 244 g/mol. The van der Waals surface area contributed by atoms with E-state index in [9.17, 15) is 9.90 Å². The van der Waals surface area contributed by atoms with Gasteiger partial charge in [0.05, 0.1) is 12.1 Å². The number of likely N-dealkylation sites (tertiary alicyclic amines) is 1. The topological polar surface area (TPSA) is 75.8 Å². The Morgan fingerprint density at radius 3 is 2.94 bits per heavy atom. The summed E-state index contributed by atoms with van der Waals surface area (Å²) in [6.45, 7) is 3.82. The first-order chi connectivity index (χ1) is 8.06. The summed E-state index contributed by atoms with van der Waals surface area (Å²) in [5.41, 5.74) is 5.86. The predicted octanol–water partition coefficient (Wildman–Crippen LogP) is -0.0304. The number of piperidine rings is 1. The van der Waals surface area contributed by atoms with Gasteiger partial charge in [-0.25, -0.2) is 0 Å². The minimum atomic E-state index is -0.437. The van der Waals surface area contributed by atoms with Crippen LogP contribution >= 0.6 is 0 Å². The molecule has 1 amide bonds. The smallest absolute Gasteiger partial charge is 0.239 e. The Labute approximate surface area is 103 Å². The molecule has 1 saturated heterocycles. The number of aliphatic hydroxyl groups excluding tert-OH is 1. The van der Waals surface area contributed by atoms with Gasteiger partial charge in [-0.15, -0.1) is 0 Å². The summed E-state index contributed by atoms with van der Waals surface area (Å²) in [4.78, 5) is 13.8. The fourth-order valence-electron chi connectivity index (χ4n) is 2.14. The maximum absolute atomic E-state index is 12.0. The summed E-state index contributed by atoms with van der Waals surface area (Å²) >= 11 is 0. The first-order valence-electron chi connectivity index (χ1n) is 6.27. The Morgan fingerprint density at radius 2 is 2.35 bits per heavy atom. The third kappa shape index (κ3) is 4.26. The predicted molar refractivity (Wildman–Crippen MR) is 65.5 cm³/mol. The largest absolute Gasteiger partial charge is 0.393 e. The molecule has 0 aromatic rings. The fourth-order valence-corrected chi connectivity index (χ4v) is 2.14. The van der Waals surface area contributed by atoms with Gasteiger partial charge in [0.1, 0.15) is 0 Å². The number of carbonyl (C=O) groups is 1. The fraction of sp³-hybridized carbons (Fsp3) is 0.917. The van der Waals surface area contributed by atoms with Crippen LogP contribution in [0.2, 0.25) is 0 Å². The Kier molecular flexibility index (Phi) is 5.88. The van der Waals surface area contributed by atoms with E-state index in [1.54, 1.807) is 12.0 Å². The van der Waals surface area contributed by atoms with E-state index in [-0.39, 0.29) is 17.9 Å². The van der Waals surface area contributed by atoms with Crippen molar-refractivity contribution in [2.75, 3.05) is 26.8 Å². The highest BCUT2D eigenvalue weighted by atomic mass is 16.5. The first kappa shape index (κ1) is 14.4. The van der Waals surface area contributed by atoms with E-state index in [0.29, 0.717) is 32.5 Å². The molecule has 5 heteroatoms. The molecule has 3 unspecified atom stereocenters. The molecule has 1 heterocycles. The summed E-state index contributed by atoms with van der Waals surface area (Å²) in [6.07, 6.45) is 1.82. The Morgan fingerprint density at radius 1 is 1.65 bits per heavy atom. The lowest BCUT2D eigenvalue weighted by atomic mass is 9.96. The second-order valence-electron chi connectivity index (χ2n) is 4.86.